The van der Waals surface area contributed by atoms with Crippen LogP contribution in [-0.4, -0.2) is 11.5 Å². The van der Waals surface area contributed by atoms with Crippen molar-refractivity contribution in [1.82, 2.24) is 0 Å². The van der Waals surface area contributed by atoms with Crippen molar-refractivity contribution in [1.29, 1.82) is 0 Å². The van der Waals surface area contributed by atoms with Crippen LogP contribution in [-0.2, 0) is 6.42 Å². The normalized spacial score (nSPS) is 10.4. The molecule has 0 saturated heterocycles. The molecule has 21 heavy (non-hydrogen) atoms. The van der Waals surface area contributed by atoms with E-state index in [-0.39, 0.29) is 24.5 Å². The molecule has 0 aliphatic carbocycles. The molecule has 0 bridgehead atoms. The summed E-state index contributed by atoms with van der Waals surface area (Å²) in [6.45, 7) is -0.00231. The van der Waals surface area contributed by atoms with E-state index in [2.05, 4.69) is 15.9 Å². The van der Waals surface area contributed by atoms with Crippen LogP contribution in [0.5, 0.6) is 5.75 Å². The molecule has 0 aliphatic heterocycles. The Morgan fingerprint density at radius 3 is 2.67 bits per heavy atom. The van der Waals surface area contributed by atoms with Crippen LogP contribution in [0, 0.1) is 21.7 Å². The van der Waals surface area contributed by atoms with Gasteiger partial charge >= 0.3 is 0 Å². The Hall–Kier alpha value is -2.02. The number of nitrogens with zero attached hydrogens (tertiary/aromatic N) is 1. The number of hydrogen-bond donors (Lipinski definition) is 0. The van der Waals surface area contributed by atoms with Crippen LogP contribution in [0.3, 0.4) is 0 Å². The van der Waals surface area contributed by atoms with Crippen LogP contribution >= 0.6 is 15.9 Å². The zero-order chi connectivity index (χ0) is 15.4. The third kappa shape index (κ3) is 3.75. The summed E-state index contributed by atoms with van der Waals surface area (Å²) in [4.78, 5) is 10.4. The number of nitro groups is 1. The lowest BCUT2D eigenvalue weighted by Crippen LogP contribution is -2.05. The highest BCUT2D eigenvalue weighted by atomic mass is 79.9. The SMILES string of the molecule is O=[N+]([O-])c1ccccc1CCOc1cc(Br)cc(F)c1F. The van der Waals surface area contributed by atoms with E-state index in [1.807, 2.05) is 0 Å². The highest BCUT2D eigenvalue weighted by Crippen LogP contribution is 2.26. The highest BCUT2D eigenvalue weighted by Gasteiger charge is 2.14. The van der Waals surface area contributed by atoms with Crippen LogP contribution in [0.4, 0.5) is 14.5 Å². The number of rotatable bonds is 5. The third-order valence-electron chi connectivity index (χ3n) is 2.78. The van der Waals surface area contributed by atoms with E-state index in [0.29, 0.717) is 10.0 Å². The van der Waals surface area contributed by atoms with Gasteiger partial charge in [-0.05, 0) is 12.1 Å². The molecular formula is C14H10BrF2NO3. The summed E-state index contributed by atoms with van der Waals surface area (Å²) in [5, 5.41) is 10.8. The number of halogens is 3. The van der Waals surface area contributed by atoms with Crippen molar-refractivity contribution in [3.05, 3.63) is 68.2 Å². The standard InChI is InChI=1S/C14H10BrF2NO3/c15-10-7-11(16)14(17)13(8-10)21-6-5-9-3-1-2-4-12(9)18(19)20/h1-4,7-8H,5-6H2. The minimum atomic E-state index is -1.08. The van der Waals surface area contributed by atoms with Crippen LogP contribution in [0.1, 0.15) is 5.56 Å². The monoisotopic (exact) mass is 357 g/mol. The highest BCUT2D eigenvalue weighted by molar-refractivity contribution is 9.10. The van der Waals surface area contributed by atoms with E-state index < -0.39 is 16.6 Å². The van der Waals surface area contributed by atoms with Gasteiger partial charge in [0.25, 0.3) is 5.69 Å². The summed E-state index contributed by atoms with van der Waals surface area (Å²) in [6.07, 6.45) is 0.213. The maximum atomic E-state index is 13.5. The van der Waals surface area contributed by atoms with Gasteiger partial charge in [0.1, 0.15) is 0 Å². The molecule has 0 saturated carbocycles. The predicted octanol–water partition coefficient (Wildman–Crippen LogP) is 4.26. The van der Waals surface area contributed by atoms with Crippen LogP contribution in [0.15, 0.2) is 40.9 Å². The summed E-state index contributed by atoms with van der Waals surface area (Å²) < 4.78 is 32.2. The van der Waals surface area contributed by atoms with Crippen molar-refractivity contribution in [2.75, 3.05) is 6.61 Å². The molecule has 0 spiro atoms. The van der Waals surface area contributed by atoms with Crippen LogP contribution in [0.2, 0.25) is 0 Å². The van der Waals surface area contributed by atoms with Gasteiger partial charge in [0, 0.05) is 22.5 Å². The van der Waals surface area contributed by atoms with Gasteiger partial charge in [-0.1, -0.05) is 34.1 Å². The van der Waals surface area contributed by atoms with Crippen molar-refractivity contribution in [3.63, 3.8) is 0 Å². The number of nitro benzene ring substituents is 1. The van der Waals surface area contributed by atoms with Crippen LogP contribution in [0.25, 0.3) is 0 Å². The molecule has 0 unspecified atom stereocenters. The molecule has 0 radical (unpaired) electrons. The maximum absolute atomic E-state index is 13.5. The molecule has 0 fully saturated rings. The van der Waals surface area contributed by atoms with Gasteiger partial charge < -0.3 is 4.74 Å². The lowest BCUT2D eigenvalue weighted by molar-refractivity contribution is -0.385. The Balaban J connectivity index is 2.07. The van der Waals surface area contributed by atoms with Crippen LogP contribution < -0.4 is 4.74 Å². The summed E-state index contributed by atoms with van der Waals surface area (Å²) in [5.41, 5.74) is 0.445. The zero-order valence-corrected chi connectivity index (χ0v) is 12.3. The minimum absolute atomic E-state index is 0.00231. The Labute approximate surface area is 127 Å². The van der Waals surface area contributed by atoms with Gasteiger partial charge in [0.15, 0.2) is 11.6 Å². The van der Waals surface area contributed by atoms with Gasteiger partial charge in [-0.25, -0.2) is 4.39 Å². The minimum Gasteiger partial charge on any atom is -0.490 e. The molecule has 0 aromatic heterocycles. The number of ether oxygens (including phenoxy) is 1. The Bertz CT molecular complexity index is 679. The first kappa shape index (κ1) is 15.4. The van der Waals surface area contributed by atoms with Crippen molar-refractivity contribution < 1.29 is 18.4 Å². The van der Waals surface area contributed by atoms with Gasteiger partial charge in [-0.3, -0.25) is 10.1 Å². The predicted molar refractivity (Wildman–Crippen MR) is 76.4 cm³/mol. The van der Waals surface area contributed by atoms with Crippen molar-refractivity contribution in [2.24, 2.45) is 0 Å². The molecule has 2 aromatic rings. The quantitative estimate of drug-likeness (QED) is 0.456. The second-order valence-corrected chi connectivity index (χ2v) is 5.10. The fourth-order valence-electron chi connectivity index (χ4n) is 1.81. The van der Waals surface area contributed by atoms with E-state index in [4.69, 9.17) is 4.74 Å². The van der Waals surface area contributed by atoms with Gasteiger partial charge in [-0.2, -0.15) is 4.39 Å². The van der Waals surface area contributed by atoms with Gasteiger partial charge in [-0.15, -0.1) is 0 Å². The molecule has 0 amide bonds. The molecule has 0 heterocycles. The largest absolute Gasteiger partial charge is 0.490 e. The number of hydrogen-bond acceptors (Lipinski definition) is 3. The van der Waals surface area contributed by atoms with E-state index in [1.54, 1.807) is 18.2 Å². The summed E-state index contributed by atoms with van der Waals surface area (Å²) in [7, 11) is 0. The fourth-order valence-corrected chi connectivity index (χ4v) is 2.22. The Morgan fingerprint density at radius 2 is 1.95 bits per heavy atom. The van der Waals surface area contributed by atoms with E-state index in [0.717, 1.165) is 6.07 Å². The molecule has 2 aromatic carbocycles. The van der Waals surface area contributed by atoms with E-state index >= 15 is 0 Å². The summed E-state index contributed by atoms with van der Waals surface area (Å²) in [6, 6.07) is 8.50. The topological polar surface area (TPSA) is 52.4 Å². The van der Waals surface area contributed by atoms with Gasteiger partial charge in [0.05, 0.1) is 11.5 Å². The zero-order valence-electron chi connectivity index (χ0n) is 10.7. The van der Waals surface area contributed by atoms with Crippen molar-refractivity contribution in [3.8, 4) is 5.75 Å². The molecule has 4 nitrogen and oxygen atoms in total. The average molecular weight is 358 g/mol. The molecule has 0 atom stereocenters. The third-order valence-corrected chi connectivity index (χ3v) is 3.23. The van der Waals surface area contributed by atoms with Crippen molar-refractivity contribution in [2.45, 2.75) is 6.42 Å². The first-order valence-corrected chi connectivity index (χ1v) is 6.78. The van der Waals surface area contributed by atoms with E-state index in [9.17, 15) is 18.9 Å². The van der Waals surface area contributed by atoms with Gasteiger partial charge in [0.2, 0.25) is 5.82 Å². The number of para-hydroxylation sites is 1. The second kappa shape index (κ2) is 6.62. The summed E-state index contributed by atoms with van der Waals surface area (Å²) in [5.74, 6) is -2.34. The molecule has 0 N–H and O–H groups in total. The smallest absolute Gasteiger partial charge is 0.272 e. The molecule has 0 aliphatic rings. The Morgan fingerprint density at radius 1 is 1.24 bits per heavy atom. The fraction of sp³-hybridized carbons (Fsp3) is 0.143. The maximum Gasteiger partial charge on any atom is 0.272 e. The number of benzene rings is 2. The average Bonchev–Trinajstić information content (AvgIpc) is 2.44. The summed E-state index contributed by atoms with van der Waals surface area (Å²) >= 11 is 3.04. The molecule has 110 valence electrons. The lowest BCUT2D eigenvalue weighted by Gasteiger charge is -2.08. The molecular weight excluding hydrogens is 348 g/mol. The first-order valence-electron chi connectivity index (χ1n) is 5.98. The Kier molecular flexibility index (Phi) is 4.85. The van der Waals surface area contributed by atoms with Crippen molar-refractivity contribution >= 4 is 21.6 Å². The molecule has 2 rings (SSSR count). The van der Waals surface area contributed by atoms with E-state index in [1.165, 1.54) is 12.1 Å². The first-order chi connectivity index (χ1) is 9.99. The lowest BCUT2D eigenvalue weighted by atomic mass is 10.1. The molecule has 7 heteroatoms. The second-order valence-electron chi connectivity index (χ2n) is 4.18.